The highest BCUT2D eigenvalue weighted by Crippen LogP contribution is 2.31. The zero-order valence-electron chi connectivity index (χ0n) is 17.0. The lowest BCUT2D eigenvalue weighted by Crippen LogP contribution is -2.33. The molecule has 1 heterocycles. The van der Waals surface area contributed by atoms with Gasteiger partial charge in [-0.25, -0.2) is 4.98 Å². The van der Waals surface area contributed by atoms with Crippen molar-refractivity contribution in [1.82, 2.24) is 14.5 Å². The lowest BCUT2D eigenvalue weighted by Gasteiger charge is -2.23. The molecule has 1 aliphatic carbocycles. The van der Waals surface area contributed by atoms with Gasteiger partial charge in [0.15, 0.2) is 0 Å². The fourth-order valence-corrected chi connectivity index (χ4v) is 3.46. The molecule has 1 fully saturated rings. The summed E-state index contributed by atoms with van der Waals surface area (Å²) in [5.74, 6) is 1.21. The van der Waals surface area contributed by atoms with Crippen LogP contribution in [0.4, 0.5) is 13.2 Å². The third kappa shape index (κ3) is 4.90. The molecule has 2 aromatic carbocycles. The number of rotatable bonds is 7. The molecule has 4 rings (SSSR count). The number of hydrogen-bond donors (Lipinski definition) is 0. The third-order valence-corrected chi connectivity index (χ3v) is 5.31. The number of methoxy groups -OCH3 is 1. The van der Waals surface area contributed by atoms with Gasteiger partial charge in [0, 0.05) is 30.5 Å². The van der Waals surface area contributed by atoms with E-state index in [-0.39, 0.29) is 11.9 Å². The summed E-state index contributed by atoms with van der Waals surface area (Å²) in [5.41, 5.74) is 0.599. The molecule has 1 amide bonds. The maximum atomic E-state index is 13.1. The van der Waals surface area contributed by atoms with E-state index in [1.165, 1.54) is 12.1 Å². The maximum Gasteiger partial charge on any atom is 0.416 e. The number of ether oxygens (including phenoxy) is 1. The van der Waals surface area contributed by atoms with Crippen molar-refractivity contribution in [3.63, 3.8) is 0 Å². The molecule has 1 aliphatic rings. The Morgan fingerprint density at radius 3 is 2.58 bits per heavy atom. The van der Waals surface area contributed by atoms with Crippen LogP contribution in [0.15, 0.2) is 60.9 Å². The molecule has 0 radical (unpaired) electrons. The number of benzene rings is 2. The summed E-state index contributed by atoms with van der Waals surface area (Å²) in [6, 6.07) is 12.3. The summed E-state index contributed by atoms with van der Waals surface area (Å²) in [6.07, 6.45) is 0.934. The second-order valence-corrected chi connectivity index (χ2v) is 7.56. The van der Waals surface area contributed by atoms with Gasteiger partial charge in [0.25, 0.3) is 5.91 Å². The monoisotopic (exact) mass is 429 g/mol. The smallest absolute Gasteiger partial charge is 0.416 e. The zero-order chi connectivity index (χ0) is 22.0. The van der Waals surface area contributed by atoms with E-state index in [1.807, 2.05) is 4.57 Å². The Balaban J connectivity index is 1.51. The first-order valence-electron chi connectivity index (χ1n) is 9.96. The van der Waals surface area contributed by atoms with Crippen LogP contribution in [0.1, 0.15) is 40.2 Å². The molecule has 3 aromatic rings. The van der Waals surface area contributed by atoms with Gasteiger partial charge in [-0.15, -0.1) is 0 Å². The molecular formula is C23H22F3N3O2. The Kier molecular flexibility index (Phi) is 5.71. The summed E-state index contributed by atoms with van der Waals surface area (Å²) < 4.78 is 45.4. The highest BCUT2D eigenvalue weighted by Gasteiger charge is 2.34. The van der Waals surface area contributed by atoms with Crippen molar-refractivity contribution in [3.05, 3.63) is 83.4 Å². The number of nitrogens with zero attached hydrogens (tertiary/aromatic N) is 3. The van der Waals surface area contributed by atoms with E-state index < -0.39 is 11.7 Å². The van der Waals surface area contributed by atoms with E-state index in [4.69, 9.17) is 4.74 Å². The van der Waals surface area contributed by atoms with Crippen LogP contribution in [0.25, 0.3) is 0 Å². The highest BCUT2D eigenvalue weighted by atomic mass is 19.4. The number of halogens is 3. The first-order valence-corrected chi connectivity index (χ1v) is 9.96. The van der Waals surface area contributed by atoms with Crippen LogP contribution in [0.3, 0.4) is 0 Å². The standard InChI is InChI=1S/C23H22F3N3O2/c1-31-20-4-2-3-17(13-20)22(30)29(19-9-10-19)15-21-27-11-12-28(21)14-16-5-7-18(8-6-16)23(24,25)26/h2-8,11-13,19H,9-10,14-15H2,1H3. The molecule has 0 bridgehead atoms. The van der Waals surface area contributed by atoms with Crippen molar-refractivity contribution in [2.45, 2.75) is 38.1 Å². The largest absolute Gasteiger partial charge is 0.497 e. The van der Waals surface area contributed by atoms with Gasteiger partial charge in [-0.3, -0.25) is 4.79 Å². The Morgan fingerprint density at radius 1 is 1.19 bits per heavy atom. The van der Waals surface area contributed by atoms with Gasteiger partial charge < -0.3 is 14.2 Å². The zero-order valence-corrected chi connectivity index (χ0v) is 17.0. The normalized spacial score (nSPS) is 13.8. The van der Waals surface area contributed by atoms with E-state index in [1.54, 1.807) is 48.7 Å². The lowest BCUT2D eigenvalue weighted by molar-refractivity contribution is -0.137. The Labute approximate surface area is 178 Å². The van der Waals surface area contributed by atoms with Gasteiger partial charge in [0.2, 0.25) is 0 Å². The minimum Gasteiger partial charge on any atom is -0.497 e. The number of carbonyl (C=O) groups excluding carboxylic acids is 1. The van der Waals surface area contributed by atoms with Gasteiger partial charge in [-0.05, 0) is 48.7 Å². The molecule has 8 heteroatoms. The molecule has 5 nitrogen and oxygen atoms in total. The second kappa shape index (κ2) is 8.45. The number of alkyl halides is 3. The SMILES string of the molecule is COc1cccc(C(=O)N(Cc2nccn2Cc2ccc(C(F)(F)F)cc2)C2CC2)c1. The average molecular weight is 429 g/mol. The van der Waals surface area contributed by atoms with Crippen molar-refractivity contribution >= 4 is 5.91 Å². The maximum absolute atomic E-state index is 13.1. The summed E-state index contributed by atoms with van der Waals surface area (Å²) in [4.78, 5) is 19.3. The van der Waals surface area contributed by atoms with Crippen LogP contribution in [-0.2, 0) is 19.3 Å². The topological polar surface area (TPSA) is 47.4 Å². The molecular weight excluding hydrogens is 407 g/mol. The molecule has 0 aliphatic heterocycles. The molecule has 0 unspecified atom stereocenters. The Bertz CT molecular complexity index is 1060. The van der Waals surface area contributed by atoms with E-state index in [2.05, 4.69) is 4.98 Å². The van der Waals surface area contributed by atoms with Crippen LogP contribution < -0.4 is 4.74 Å². The van der Waals surface area contributed by atoms with Crippen LogP contribution >= 0.6 is 0 Å². The summed E-state index contributed by atoms with van der Waals surface area (Å²) in [6.45, 7) is 0.702. The van der Waals surface area contributed by atoms with Gasteiger partial charge in [-0.1, -0.05) is 18.2 Å². The second-order valence-electron chi connectivity index (χ2n) is 7.56. The van der Waals surface area contributed by atoms with Crippen LogP contribution in [0.2, 0.25) is 0 Å². The number of aromatic nitrogens is 2. The lowest BCUT2D eigenvalue weighted by atomic mass is 10.1. The fraction of sp³-hybridized carbons (Fsp3) is 0.304. The molecule has 1 saturated carbocycles. The molecule has 0 atom stereocenters. The molecule has 162 valence electrons. The number of imidazole rings is 1. The van der Waals surface area contributed by atoms with Crippen molar-refractivity contribution in [3.8, 4) is 5.75 Å². The van der Waals surface area contributed by atoms with Gasteiger partial charge in [0.05, 0.1) is 19.2 Å². The van der Waals surface area contributed by atoms with Crippen LogP contribution in [0.5, 0.6) is 5.75 Å². The number of amides is 1. The Morgan fingerprint density at radius 2 is 1.94 bits per heavy atom. The third-order valence-electron chi connectivity index (χ3n) is 5.31. The molecule has 0 saturated heterocycles. The number of hydrogen-bond acceptors (Lipinski definition) is 3. The quantitative estimate of drug-likeness (QED) is 0.544. The number of carbonyl (C=O) groups is 1. The van der Waals surface area contributed by atoms with E-state index >= 15 is 0 Å². The fourth-order valence-electron chi connectivity index (χ4n) is 3.46. The summed E-state index contributed by atoms with van der Waals surface area (Å²) in [5, 5.41) is 0. The van der Waals surface area contributed by atoms with E-state index in [0.717, 1.165) is 30.5 Å². The predicted octanol–water partition coefficient (Wildman–Crippen LogP) is 4.76. The van der Waals surface area contributed by atoms with E-state index in [9.17, 15) is 18.0 Å². The molecule has 0 spiro atoms. The van der Waals surface area contributed by atoms with Gasteiger partial charge >= 0.3 is 6.18 Å². The van der Waals surface area contributed by atoms with Crippen molar-refractivity contribution in [1.29, 1.82) is 0 Å². The van der Waals surface area contributed by atoms with Gasteiger partial charge in [-0.2, -0.15) is 13.2 Å². The first-order chi connectivity index (χ1) is 14.8. The Hall–Kier alpha value is -3.29. The summed E-state index contributed by atoms with van der Waals surface area (Å²) in [7, 11) is 1.56. The predicted molar refractivity (Wildman–Crippen MR) is 109 cm³/mol. The van der Waals surface area contributed by atoms with Crippen molar-refractivity contribution in [2.24, 2.45) is 0 Å². The summed E-state index contributed by atoms with van der Waals surface area (Å²) >= 11 is 0. The minimum atomic E-state index is -4.36. The van der Waals surface area contributed by atoms with Crippen molar-refractivity contribution in [2.75, 3.05) is 7.11 Å². The first kappa shape index (κ1) is 21.0. The van der Waals surface area contributed by atoms with E-state index in [0.29, 0.717) is 30.2 Å². The van der Waals surface area contributed by atoms with Crippen LogP contribution in [-0.4, -0.2) is 33.5 Å². The molecule has 0 N–H and O–H groups in total. The van der Waals surface area contributed by atoms with Crippen molar-refractivity contribution < 1.29 is 22.7 Å². The minimum absolute atomic E-state index is 0.0921. The average Bonchev–Trinajstić information content (AvgIpc) is 3.51. The van der Waals surface area contributed by atoms with Gasteiger partial charge in [0.1, 0.15) is 11.6 Å². The van der Waals surface area contributed by atoms with Crippen LogP contribution in [0, 0.1) is 0 Å². The molecule has 1 aromatic heterocycles. The highest BCUT2D eigenvalue weighted by molar-refractivity contribution is 5.95. The molecule has 31 heavy (non-hydrogen) atoms.